The van der Waals surface area contributed by atoms with Crippen LogP contribution < -0.4 is 0 Å². The van der Waals surface area contributed by atoms with Crippen LogP contribution in [-0.4, -0.2) is 11.6 Å². The molecule has 0 unspecified atom stereocenters. The Hall–Kier alpha value is -1.40. The van der Waals surface area contributed by atoms with Gasteiger partial charge >= 0.3 is 0 Å². The van der Waals surface area contributed by atoms with Gasteiger partial charge in [-0.3, -0.25) is 9.59 Å². The molecule has 0 amide bonds. The second kappa shape index (κ2) is 8.09. The molecule has 0 aromatic heterocycles. The van der Waals surface area contributed by atoms with E-state index in [1.165, 1.54) is 24.1 Å². The Balaban J connectivity index is 0.000000152. The van der Waals surface area contributed by atoms with Gasteiger partial charge in [-0.05, 0) is 61.1 Å². The standard InChI is InChI=1S/C10H6BrFO2.C10H10BrF/c11-5-3-6-8(13)1-2-9(14)10(6)7(12)4-5;11-8-5-7-3-1-2-4-9(7)10(12)6-8/h3-4H,1-2H2;5-6H,1-4H2. The fraction of sp³-hybridized carbons (Fsp3) is 0.300. The van der Waals surface area contributed by atoms with Gasteiger partial charge in [0.05, 0.1) is 5.56 Å². The van der Waals surface area contributed by atoms with Crippen molar-refractivity contribution >= 4 is 43.4 Å². The maximum Gasteiger partial charge on any atom is 0.167 e. The summed E-state index contributed by atoms with van der Waals surface area (Å²) in [6.45, 7) is 0. The third kappa shape index (κ3) is 4.12. The largest absolute Gasteiger partial charge is 0.294 e. The van der Waals surface area contributed by atoms with Crippen LogP contribution >= 0.6 is 31.9 Å². The fourth-order valence-electron chi connectivity index (χ4n) is 3.34. The molecule has 2 aliphatic carbocycles. The van der Waals surface area contributed by atoms with Crippen LogP contribution in [0.5, 0.6) is 0 Å². The first kappa shape index (κ1) is 19.4. The van der Waals surface area contributed by atoms with Crippen molar-refractivity contribution < 1.29 is 18.4 Å². The summed E-state index contributed by atoms with van der Waals surface area (Å²) in [6, 6.07) is 6.30. The lowest BCUT2D eigenvalue weighted by molar-refractivity contribution is 0.0886. The van der Waals surface area contributed by atoms with E-state index in [1.54, 1.807) is 6.07 Å². The molecule has 0 bridgehead atoms. The van der Waals surface area contributed by atoms with Gasteiger partial charge in [-0.25, -0.2) is 8.78 Å². The van der Waals surface area contributed by atoms with Gasteiger partial charge in [-0.15, -0.1) is 0 Å². The van der Waals surface area contributed by atoms with Crippen molar-refractivity contribution in [2.45, 2.75) is 38.5 Å². The highest BCUT2D eigenvalue weighted by atomic mass is 79.9. The smallest absolute Gasteiger partial charge is 0.167 e. The van der Waals surface area contributed by atoms with E-state index in [1.807, 2.05) is 6.07 Å². The predicted molar refractivity (Wildman–Crippen MR) is 103 cm³/mol. The minimum absolute atomic E-state index is 0.0425. The number of carbonyl (C=O) groups excluding carboxylic acids is 2. The normalized spacial score (nSPS) is 15.7. The number of halogens is 4. The second-order valence-corrected chi connectivity index (χ2v) is 8.22. The molecule has 0 heterocycles. The van der Waals surface area contributed by atoms with Crippen molar-refractivity contribution in [1.29, 1.82) is 0 Å². The minimum atomic E-state index is -0.618. The maximum atomic E-state index is 13.4. The molecule has 2 aliphatic rings. The zero-order valence-electron chi connectivity index (χ0n) is 13.9. The Morgan fingerprint density at radius 1 is 0.731 bits per heavy atom. The fourth-order valence-corrected chi connectivity index (χ4v) is 4.25. The molecule has 0 radical (unpaired) electrons. The summed E-state index contributed by atoms with van der Waals surface area (Å²) < 4.78 is 28.0. The summed E-state index contributed by atoms with van der Waals surface area (Å²) >= 11 is 6.39. The summed E-state index contributed by atoms with van der Waals surface area (Å²) in [5, 5.41) is 0. The van der Waals surface area contributed by atoms with Crippen molar-refractivity contribution in [3.05, 3.63) is 67.1 Å². The Bertz CT molecular complexity index is 894. The van der Waals surface area contributed by atoms with Crippen LogP contribution in [0.25, 0.3) is 0 Å². The lowest BCUT2D eigenvalue weighted by Crippen LogP contribution is -2.18. The number of benzene rings is 2. The minimum Gasteiger partial charge on any atom is -0.294 e. The monoisotopic (exact) mass is 484 g/mol. The van der Waals surface area contributed by atoms with Crippen molar-refractivity contribution in [1.82, 2.24) is 0 Å². The van der Waals surface area contributed by atoms with E-state index in [4.69, 9.17) is 0 Å². The third-order valence-electron chi connectivity index (χ3n) is 4.59. The quantitative estimate of drug-likeness (QED) is 0.444. The van der Waals surface area contributed by atoms with Crippen LogP contribution in [0.4, 0.5) is 8.78 Å². The summed E-state index contributed by atoms with van der Waals surface area (Å²) in [4.78, 5) is 22.8. The molecule has 136 valence electrons. The number of Topliss-reactive ketones (excluding diaryl/α,β-unsaturated/α-hetero) is 2. The number of rotatable bonds is 0. The summed E-state index contributed by atoms with van der Waals surface area (Å²) in [7, 11) is 0. The number of hydrogen-bond acceptors (Lipinski definition) is 2. The number of carbonyl (C=O) groups is 2. The Kier molecular flexibility index (Phi) is 6.03. The van der Waals surface area contributed by atoms with Gasteiger partial charge in [0, 0.05) is 27.4 Å². The van der Waals surface area contributed by atoms with Gasteiger partial charge < -0.3 is 0 Å². The second-order valence-electron chi connectivity index (χ2n) is 6.39. The highest BCUT2D eigenvalue weighted by Crippen LogP contribution is 2.28. The van der Waals surface area contributed by atoms with Crippen LogP contribution in [0.3, 0.4) is 0 Å². The van der Waals surface area contributed by atoms with Crippen molar-refractivity contribution in [2.24, 2.45) is 0 Å². The molecule has 2 aromatic carbocycles. The first-order valence-corrected chi connectivity index (χ1v) is 9.97. The van der Waals surface area contributed by atoms with Gasteiger partial charge in [0.25, 0.3) is 0 Å². The molecule has 0 spiro atoms. The Morgan fingerprint density at radius 2 is 1.35 bits per heavy atom. The topological polar surface area (TPSA) is 34.1 Å². The molecule has 26 heavy (non-hydrogen) atoms. The molecular weight excluding hydrogens is 470 g/mol. The molecule has 0 atom stereocenters. The van der Waals surface area contributed by atoms with E-state index in [2.05, 4.69) is 31.9 Å². The van der Waals surface area contributed by atoms with E-state index >= 15 is 0 Å². The molecule has 0 aliphatic heterocycles. The molecular formula is C20H16Br2F2O2. The number of fused-ring (bicyclic) bond motifs is 2. The zero-order chi connectivity index (χ0) is 18.8. The van der Waals surface area contributed by atoms with Gasteiger partial charge in [0.1, 0.15) is 11.6 Å². The first-order valence-electron chi connectivity index (χ1n) is 8.39. The van der Waals surface area contributed by atoms with Crippen molar-refractivity contribution in [3.63, 3.8) is 0 Å². The van der Waals surface area contributed by atoms with Crippen LogP contribution in [0.1, 0.15) is 57.5 Å². The molecule has 0 saturated carbocycles. The van der Waals surface area contributed by atoms with Crippen LogP contribution in [0, 0.1) is 11.6 Å². The molecule has 0 fully saturated rings. The molecule has 0 N–H and O–H groups in total. The van der Waals surface area contributed by atoms with Crippen LogP contribution in [0.2, 0.25) is 0 Å². The summed E-state index contributed by atoms with van der Waals surface area (Å²) in [5.74, 6) is -1.11. The third-order valence-corrected chi connectivity index (χ3v) is 5.50. The van der Waals surface area contributed by atoms with Gasteiger partial charge in [0.2, 0.25) is 0 Å². The number of aryl methyl sites for hydroxylation is 1. The van der Waals surface area contributed by atoms with Gasteiger partial charge in [0.15, 0.2) is 11.6 Å². The van der Waals surface area contributed by atoms with E-state index in [9.17, 15) is 18.4 Å². The predicted octanol–water partition coefficient (Wildman–Crippen LogP) is 6.21. The average Bonchev–Trinajstić information content (AvgIpc) is 2.58. The van der Waals surface area contributed by atoms with Crippen molar-refractivity contribution in [3.8, 4) is 0 Å². The Morgan fingerprint density at radius 3 is 2.12 bits per heavy atom. The molecule has 2 nitrogen and oxygen atoms in total. The highest BCUT2D eigenvalue weighted by molar-refractivity contribution is 9.10. The summed E-state index contributed by atoms with van der Waals surface area (Å²) in [5.41, 5.74) is 2.27. The molecule has 2 aromatic rings. The van der Waals surface area contributed by atoms with Crippen LogP contribution in [-0.2, 0) is 12.8 Å². The molecule has 4 rings (SSSR count). The SMILES string of the molecule is Fc1cc(Br)cc2c1CCCC2.O=C1CCC(=O)c2c(F)cc(Br)cc21. The van der Waals surface area contributed by atoms with Crippen LogP contribution in [0.15, 0.2) is 33.2 Å². The lowest BCUT2D eigenvalue weighted by Gasteiger charge is -2.16. The lowest BCUT2D eigenvalue weighted by atomic mass is 9.89. The van der Waals surface area contributed by atoms with Gasteiger partial charge in [-0.2, -0.15) is 0 Å². The van der Waals surface area contributed by atoms with Crippen molar-refractivity contribution in [2.75, 3.05) is 0 Å². The Labute approximate surface area is 167 Å². The van der Waals surface area contributed by atoms with E-state index < -0.39 is 5.82 Å². The maximum absolute atomic E-state index is 13.4. The molecule has 0 saturated heterocycles. The first-order chi connectivity index (χ1) is 12.4. The number of ketones is 2. The number of hydrogen-bond donors (Lipinski definition) is 0. The zero-order valence-corrected chi connectivity index (χ0v) is 17.1. The molecule has 6 heteroatoms. The van der Waals surface area contributed by atoms with E-state index in [-0.39, 0.29) is 41.4 Å². The van der Waals surface area contributed by atoms with Gasteiger partial charge in [-0.1, -0.05) is 31.9 Å². The highest BCUT2D eigenvalue weighted by Gasteiger charge is 2.27. The average molecular weight is 486 g/mol. The van der Waals surface area contributed by atoms with E-state index in [0.717, 1.165) is 29.3 Å². The van der Waals surface area contributed by atoms with E-state index in [0.29, 0.717) is 4.47 Å². The summed E-state index contributed by atoms with van der Waals surface area (Å²) in [6.07, 6.45) is 4.57.